The standard InChI is InChI=1S/C23H31N5/c1-5-20(15-26-12-8-9-13-26)27-16-24-14-22(27)23-18(3)25-28(19(23)4)21-11-7-6-10-17(21)2/h6-7,10-11,14,16,20H,5,8-9,12-13,15H2,1-4H3/t20-/m1/s1. The zero-order chi connectivity index (χ0) is 19.7. The molecular weight excluding hydrogens is 346 g/mol. The third-order valence-corrected chi connectivity index (χ3v) is 6.09. The molecule has 1 aliphatic heterocycles. The molecular formula is C23H31N5. The minimum Gasteiger partial charge on any atom is -0.326 e. The van der Waals surface area contributed by atoms with Gasteiger partial charge in [0, 0.05) is 18.2 Å². The molecule has 0 N–H and O–H groups in total. The van der Waals surface area contributed by atoms with Crippen LogP contribution in [0.2, 0.25) is 0 Å². The van der Waals surface area contributed by atoms with Gasteiger partial charge in [0.1, 0.15) is 0 Å². The maximum absolute atomic E-state index is 4.89. The highest BCUT2D eigenvalue weighted by Gasteiger charge is 2.23. The average Bonchev–Trinajstić information content (AvgIpc) is 3.41. The summed E-state index contributed by atoms with van der Waals surface area (Å²) >= 11 is 0. The third-order valence-electron chi connectivity index (χ3n) is 6.09. The molecule has 28 heavy (non-hydrogen) atoms. The predicted molar refractivity (Wildman–Crippen MR) is 114 cm³/mol. The summed E-state index contributed by atoms with van der Waals surface area (Å²) in [6.45, 7) is 12.2. The molecule has 0 radical (unpaired) electrons. The first-order valence-electron chi connectivity index (χ1n) is 10.5. The summed E-state index contributed by atoms with van der Waals surface area (Å²) in [5.74, 6) is 0. The Labute approximate surface area is 168 Å². The zero-order valence-corrected chi connectivity index (χ0v) is 17.5. The number of benzene rings is 1. The summed E-state index contributed by atoms with van der Waals surface area (Å²) < 4.78 is 4.45. The van der Waals surface area contributed by atoms with Crippen LogP contribution in [0.5, 0.6) is 0 Å². The fourth-order valence-corrected chi connectivity index (χ4v) is 4.52. The summed E-state index contributed by atoms with van der Waals surface area (Å²) in [5, 5.41) is 4.89. The molecule has 0 unspecified atom stereocenters. The summed E-state index contributed by atoms with van der Waals surface area (Å²) in [6, 6.07) is 8.87. The lowest BCUT2D eigenvalue weighted by Crippen LogP contribution is -2.28. The summed E-state index contributed by atoms with van der Waals surface area (Å²) in [4.78, 5) is 7.12. The fourth-order valence-electron chi connectivity index (χ4n) is 4.52. The van der Waals surface area contributed by atoms with Gasteiger partial charge in [-0.25, -0.2) is 9.67 Å². The number of imidazole rings is 1. The van der Waals surface area contributed by atoms with Crippen LogP contribution in [0.25, 0.3) is 16.9 Å². The van der Waals surface area contributed by atoms with Crippen LogP contribution in [0.3, 0.4) is 0 Å². The Balaban J connectivity index is 1.73. The van der Waals surface area contributed by atoms with E-state index in [1.165, 1.54) is 48.4 Å². The number of aryl methyl sites for hydroxylation is 2. The number of hydrogen-bond acceptors (Lipinski definition) is 3. The molecule has 2 aromatic heterocycles. The topological polar surface area (TPSA) is 38.9 Å². The third kappa shape index (κ3) is 3.39. The maximum Gasteiger partial charge on any atom is 0.0954 e. The van der Waals surface area contributed by atoms with Crippen molar-refractivity contribution in [2.45, 2.75) is 53.0 Å². The SMILES string of the molecule is CC[C@H](CN1CCCC1)n1cncc1-c1c(C)nn(-c2ccccc2C)c1C. The van der Waals surface area contributed by atoms with Crippen LogP contribution in [0, 0.1) is 20.8 Å². The van der Waals surface area contributed by atoms with Crippen LogP contribution in [-0.4, -0.2) is 43.9 Å². The summed E-state index contributed by atoms with van der Waals surface area (Å²) in [5.41, 5.74) is 6.99. The first kappa shape index (κ1) is 18.9. The van der Waals surface area contributed by atoms with Gasteiger partial charge < -0.3 is 9.47 Å². The van der Waals surface area contributed by atoms with Gasteiger partial charge in [0.05, 0.1) is 35.3 Å². The van der Waals surface area contributed by atoms with Crippen LogP contribution in [0.1, 0.15) is 49.2 Å². The molecule has 3 heterocycles. The lowest BCUT2D eigenvalue weighted by molar-refractivity contribution is 0.273. The van der Waals surface area contributed by atoms with Crippen molar-refractivity contribution in [3.05, 3.63) is 53.7 Å². The van der Waals surface area contributed by atoms with Gasteiger partial charge in [0.2, 0.25) is 0 Å². The first-order chi connectivity index (χ1) is 13.6. The van der Waals surface area contributed by atoms with Gasteiger partial charge in [-0.3, -0.25) is 0 Å². The largest absolute Gasteiger partial charge is 0.326 e. The lowest BCUT2D eigenvalue weighted by Gasteiger charge is -2.25. The Hall–Kier alpha value is -2.40. The second-order valence-electron chi connectivity index (χ2n) is 8.00. The van der Waals surface area contributed by atoms with Crippen LogP contribution in [0.4, 0.5) is 0 Å². The van der Waals surface area contributed by atoms with Crippen LogP contribution in [0.15, 0.2) is 36.8 Å². The number of aromatic nitrogens is 4. The van der Waals surface area contributed by atoms with Crippen molar-refractivity contribution in [3.8, 4) is 16.9 Å². The van der Waals surface area contributed by atoms with E-state index in [9.17, 15) is 0 Å². The fraction of sp³-hybridized carbons (Fsp3) is 0.478. The Morgan fingerprint density at radius 3 is 2.54 bits per heavy atom. The molecule has 3 aromatic rings. The highest BCUT2D eigenvalue weighted by molar-refractivity contribution is 5.66. The number of nitrogens with zero attached hydrogens (tertiary/aromatic N) is 5. The quantitative estimate of drug-likeness (QED) is 0.624. The molecule has 1 aliphatic rings. The Morgan fingerprint density at radius 2 is 1.82 bits per heavy atom. The Kier molecular flexibility index (Phi) is 5.36. The van der Waals surface area contributed by atoms with Crippen LogP contribution < -0.4 is 0 Å². The van der Waals surface area contributed by atoms with Crippen molar-refractivity contribution in [2.75, 3.05) is 19.6 Å². The van der Waals surface area contributed by atoms with E-state index in [-0.39, 0.29) is 0 Å². The molecule has 0 saturated carbocycles. The van der Waals surface area contributed by atoms with Gasteiger partial charge in [-0.15, -0.1) is 0 Å². The van der Waals surface area contributed by atoms with Crippen LogP contribution in [-0.2, 0) is 0 Å². The number of para-hydroxylation sites is 1. The minimum atomic E-state index is 0.441. The normalized spacial score (nSPS) is 16.0. The molecule has 0 aliphatic carbocycles. The zero-order valence-electron chi connectivity index (χ0n) is 17.5. The molecule has 1 aromatic carbocycles. The Bertz CT molecular complexity index is 946. The van der Waals surface area contributed by atoms with Gasteiger partial charge >= 0.3 is 0 Å². The highest BCUT2D eigenvalue weighted by atomic mass is 15.3. The van der Waals surface area contributed by atoms with Gasteiger partial charge in [-0.2, -0.15) is 5.10 Å². The van der Waals surface area contributed by atoms with Crippen molar-refractivity contribution in [1.82, 2.24) is 24.2 Å². The molecule has 1 saturated heterocycles. The number of likely N-dealkylation sites (tertiary alicyclic amines) is 1. The molecule has 0 spiro atoms. The van der Waals surface area contributed by atoms with E-state index >= 15 is 0 Å². The van der Waals surface area contributed by atoms with Gasteiger partial charge in [-0.05, 0) is 64.8 Å². The van der Waals surface area contributed by atoms with E-state index in [1.807, 2.05) is 12.5 Å². The van der Waals surface area contributed by atoms with Gasteiger partial charge in [-0.1, -0.05) is 25.1 Å². The van der Waals surface area contributed by atoms with Gasteiger partial charge in [0.15, 0.2) is 0 Å². The second-order valence-corrected chi connectivity index (χ2v) is 8.00. The van der Waals surface area contributed by atoms with E-state index in [2.05, 4.69) is 71.1 Å². The van der Waals surface area contributed by atoms with E-state index in [0.29, 0.717) is 6.04 Å². The van der Waals surface area contributed by atoms with E-state index in [4.69, 9.17) is 5.10 Å². The van der Waals surface area contributed by atoms with Gasteiger partial charge in [0.25, 0.3) is 0 Å². The monoisotopic (exact) mass is 377 g/mol. The van der Waals surface area contributed by atoms with Crippen LogP contribution >= 0.6 is 0 Å². The van der Waals surface area contributed by atoms with Crippen molar-refractivity contribution in [3.63, 3.8) is 0 Å². The summed E-state index contributed by atoms with van der Waals surface area (Å²) in [7, 11) is 0. The van der Waals surface area contributed by atoms with E-state index in [0.717, 1.165) is 24.3 Å². The second kappa shape index (κ2) is 7.92. The number of hydrogen-bond donors (Lipinski definition) is 0. The molecule has 0 bridgehead atoms. The number of rotatable bonds is 6. The van der Waals surface area contributed by atoms with E-state index < -0.39 is 0 Å². The minimum absolute atomic E-state index is 0.441. The molecule has 1 atom stereocenters. The van der Waals surface area contributed by atoms with Crippen molar-refractivity contribution < 1.29 is 0 Å². The predicted octanol–water partition coefficient (Wildman–Crippen LogP) is 4.71. The van der Waals surface area contributed by atoms with Crippen molar-refractivity contribution >= 4 is 0 Å². The maximum atomic E-state index is 4.89. The lowest BCUT2D eigenvalue weighted by atomic mass is 10.1. The smallest absolute Gasteiger partial charge is 0.0954 e. The van der Waals surface area contributed by atoms with Crippen molar-refractivity contribution in [2.24, 2.45) is 0 Å². The molecule has 148 valence electrons. The van der Waals surface area contributed by atoms with E-state index in [1.54, 1.807) is 0 Å². The van der Waals surface area contributed by atoms with Crippen molar-refractivity contribution in [1.29, 1.82) is 0 Å². The molecule has 5 heteroatoms. The molecule has 5 nitrogen and oxygen atoms in total. The molecule has 4 rings (SSSR count). The molecule has 0 amide bonds. The average molecular weight is 378 g/mol. The summed E-state index contributed by atoms with van der Waals surface area (Å²) in [6.07, 6.45) is 7.77. The highest BCUT2D eigenvalue weighted by Crippen LogP contribution is 2.32. The first-order valence-corrected chi connectivity index (χ1v) is 10.5. The Morgan fingerprint density at radius 1 is 1.07 bits per heavy atom. The molecule has 1 fully saturated rings.